The molecular weight excluding hydrogens is 425 g/mol. The van der Waals surface area contributed by atoms with Gasteiger partial charge in [-0.05, 0) is 36.8 Å². The predicted octanol–water partition coefficient (Wildman–Crippen LogP) is 4.70. The number of aliphatic carboxylic acids is 1. The van der Waals surface area contributed by atoms with Crippen LogP contribution >= 0.6 is 0 Å². The molecule has 0 fully saturated rings. The van der Waals surface area contributed by atoms with Crippen LogP contribution in [0, 0.1) is 0 Å². The van der Waals surface area contributed by atoms with Crippen molar-refractivity contribution >= 4 is 17.8 Å². The number of rotatable bonds is 8. The van der Waals surface area contributed by atoms with Crippen molar-refractivity contribution in [2.45, 2.75) is 25.7 Å². The highest BCUT2D eigenvalue weighted by atomic mass is 19.4. The molecule has 0 unspecified atom stereocenters. The van der Waals surface area contributed by atoms with Crippen LogP contribution in [0.25, 0.3) is 6.08 Å². The average Bonchev–Trinajstić information content (AvgIpc) is 3.21. The highest BCUT2D eigenvalue weighted by Crippen LogP contribution is 2.29. The highest BCUT2D eigenvalue weighted by Gasteiger charge is 2.30. The van der Waals surface area contributed by atoms with Crippen molar-refractivity contribution in [1.82, 2.24) is 9.55 Å². The van der Waals surface area contributed by atoms with Gasteiger partial charge in [0.25, 0.3) is 0 Å². The maximum absolute atomic E-state index is 12.7. The second kappa shape index (κ2) is 9.51. The third-order valence-corrected chi connectivity index (χ3v) is 4.52. The van der Waals surface area contributed by atoms with Gasteiger partial charge in [-0.1, -0.05) is 36.4 Å². The Morgan fingerprint density at radius 2 is 1.91 bits per heavy atom. The van der Waals surface area contributed by atoms with Crippen LogP contribution in [0.3, 0.4) is 0 Å². The van der Waals surface area contributed by atoms with Gasteiger partial charge >= 0.3 is 12.1 Å². The van der Waals surface area contributed by atoms with Crippen LogP contribution in [0.15, 0.2) is 67.0 Å². The molecule has 1 atom stereocenters. The van der Waals surface area contributed by atoms with Gasteiger partial charge < -0.3 is 14.4 Å². The van der Waals surface area contributed by atoms with Crippen LogP contribution in [-0.2, 0) is 17.5 Å². The van der Waals surface area contributed by atoms with Gasteiger partial charge in [0, 0.05) is 24.5 Å². The van der Waals surface area contributed by atoms with Gasteiger partial charge in [0.05, 0.1) is 5.56 Å². The number of aromatic nitrogens is 2. The first kappa shape index (κ1) is 22.8. The van der Waals surface area contributed by atoms with E-state index in [2.05, 4.69) is 4.98 Å². The van der Waals surface area contributed by atoms with Crippen molar-refractivity contribution < 1.29 is 32.6 Å². The lowest BCUT2D eigenvalue weighted by Crippen LogP contribution is -2.22. The summed E-state index contributed by atoms with van der Waals surface area (Å²) in [5.74, 6) is -1.06. The van der Waals surface area contributed by atoms with Crippen LogP contribution in [0.2, 0.25) is 0 Å². The number of imidazole rings is 1. The molecule has 0 saturated carbocycles. The Kier molecular flexibility index (Phi) is 6.77. The summed E-state index contributed by atoms with van der Waals surface area (Å²) in [5, 5.41) is 8.94. The van der Waals surface area contributed by atoms with Crippen LogP contribution < -0.4 is 4.74 Å². The molecule has 0 aliphatic rings. The van der Waals surface area contributed by atoms with Crippen LogP contribution in [-0.4, -0.2) is 32.5 Å². The minimum absolute atomic E-state index is 0.0989. The summed E-state index contributed by atoms with van der Waals surface area (Å²) in [5.41, 5.74) is 0.0342. The van der Waals surface area contributed by atoms with Crippen molar-refractivity contribution in [2.75, 3.05) is 0 Å². The summed E-state index contributed by atoms with van der Waals surface area (Å²) < 4.78 is 45.1. The molecule has 3 rings (SSSR count). The molecule has 0 radical (unpaired) electrons. The van der Waals surface area contributed by atoms with Crippen molar-refractivity contribution in [1.29, 1.82) is 0 Å². The lowest BCUT2D eigenvalue weighted by molar-refractivity contribution is -0.144. The van der Waals surface area contributed by atoms with Crippen LogP contribution in [0.4, 0.5) is 13.2 Å². The molecule has 166 valence electrons. The summed E-state index contributed by atoms with van der Waals surface area (Å²) in [6, 6.07) is 10.8. The number of carboxylic acid groups (broad SMARTS) is 1. The van der Waals surface area contributed by atoms with Gasteiger partial charge in [-0.15, -0.1) is 0 Å². The number of nitrogens with zero attached hydrogens (tertiary/aromatic N) is 2. The molecule has 0 aliphatic carbocycles. The molecule has 1 aromatic heterocycles. The molecule has 0 bridgehead atoms. The number of alkyl halides is 3. The van der Waals surface area contributed by atoms with E-state index in [1.165, 1.54) is 13.1 Å². The average molecular weight is 444 g/mol. The van der Waals surface area contributed by atoms with Gasteiger partial charge in [-0.3, -0.25) is 4.79 Å². The second-order valence-corrected chi connectivity index (χ2v) is 6.88. The van der Waals surface area contributed by atoms with Gasteiger partial charge in [0.15, 0.2) is 11.9 Å². The zero-order chi connectivity index (χ0) is 23.3. The minimum atomic E-state index is -4.47. The van der Waals surface area contributed by atoms with E-state index in [9.17, 15) is 22.8 Å². The molecule has 1 heterocycles. The number of carboxylic acids is 1. The van der Waals surface area contributed by atoms with Gasteiger partial charge in [0.1, 0.15) is 5.75 Å². The topological polar surface area (TPSA) is 81.4 Å². The SMILES string of the molecule is C[C@H](Oc1cccc(/C=C/Cn2ccnc2C(=O)c2ccc(C(F)(F)F)cc2)c1)C(=O)O. The number of carbonyl (C=O) groups excluding carboxylic acids is 1. The Labute approximate surface area is 181 Å². The van der Waals surface area contributed by atoms with E-state index < -0.39 is 29.6 Å². The Morgan fingerprint density at radius 1 is 1.19 bits per heavy atom. The van der Waals surface area contributed by atoms with E-state index in [-0.39, 0.29) is 11.4 Å². The predicted molar refractivity (Wildman–Crippen MR) is 110 cm³/mol. The number of benzene rings is 2. The van der Waals surface area contributed by atoms with E-state index in [1.54, 1.807) is 47.2 Å². The van der Waals surface area contributed by atoms with Gasteiger partial charge in [-0.25, -0.2) is 9.78 Å². The largest absolute Gasteiger partial charge is 0.479 e. The van der Waals surface area contributed by atoms with Crippen molar-refractivity contribution in [2.24, 2.45) is 0 Å². The fourth-order valence-electron chi connectivity index (χ4n) is 2.85. The van der Waals surface area contributed by atoms with E-state index in [4.69, 9.17) is 9.84 Å². The fraction of sp³-hybridized carbons (Fsp3) is 0.174. The second-order valence-electron chi connectivity index (χ2n) is 6.88. The van der Waals surface area contributed by atoms with Crippen molar-refractivity contribution in [3.8, 4) is 5.75 Å². The first-order valence-corrected chi connectivity index (χ1v) is 9.54. The molecule has 9 heteroatoms. The van der Waals surface area contributed by atoms with E-state index in [1.807, 2.05) is 0 Å². The smallest absolute Gasteiger partial charge is 0.416 e. The summed E-state index contributed by atoms with van der Waals surface area (Å²) in [6.45, 7) is 1.72. The molecule has 0 amide bonds. The monoisotopic (exact) mass is 444 g/mol. The number of ether oxygens (including phenoxy) is 1. The van der Waals surface area contributed by atoms with Crippen molar-refractivity contribution in [3.05, 3.63) is 89.5 Å². The normalized spacial score (nSPS) is 12.6. The maximum atomic E-state index is 12.7. The third kappa shape index (κ3) is 5.63. The number of hydrogen-bond acceptors (Lipinski definition) is 4. The lowest BCUT2D eigenvalue weighted by atomic mass is 10.1. The standard InChI is InChI=1S/C23H19F3N2O4/c1-15(22(30)31)32-19-6-2-4-16(14-19)5-3-12-28-13-11-27-21(28)20(29)17-7-9-18(10-8-17)23(24,25)26/h2-11,13-15H,12H2,1H3,(H,30,31)/b5-3+/t15-/m0/s1. The fourth-order valence-corrected chi connectivity index (χ4v) is 2.85. The quantitative estimate of drug-likeness (QED) is 0.510. The molecule has 6 nitrogen and oxygen atoms in total. The Morgan fingerprint density at radius 3 is 2.56 bits per heavy atom. The third-order valence-electron chi connectivity index (χ3n) is 4.52. The molecule has 32 heavy (non-hydrogen) atoms. The van der Waals surface area contributed by atoms with E-state index in [0.717, 1.165) is 29.8 Å². The summed E-state index contributed by atoms with van der Waals surface area (Å²) in [4.78, 5) is 27.6. The van der Waals surface area contributed by atoms with Gasteiger partial charge in [-0.2, -0.15) is 13.2 Å². The zero-order valence-electron chi connectivity index (χ0n) is 16.9. The van der Waals surface area contributed by atoms with Crippen LogP contribution in [0.1, 0.15) is 34.2 Å². The minimum Gasteiger partial charge on any atom is -0.479 e. The number of ketones is 1. The Hall–Kier alpha value is -3.88. The summed E-state index contributed by atoms with van der Waals surface area (Å²) in [6.07, 6.45) is 1.11. The van der Waals surface area contributed by atoms with Crippen LogP contribution in [0.5, 0.6) is 5.75 Å². The number of halogens is 3. The molecule has 3 aromatic rings. The molecule has 2 aromatic carbocycles. The molecule has 0 aliphatic heterocycles. The van der Waals surface area contributed by atoms with Gasteiger partial charge in [0.2, 0.25) is 5.78 Å². The highest BCUT2D eigenvalue weighted by molar-refractivity contribution is 6.06. The van der Waals surface area contributed by atoms with Crippen molar-refractivity contribution in [3.63, 3.8) is 0 Å². The summed E-state index contributed by atoms with van der Waals surface area (Å²) >= 11 is 0. The molecule has 0 saturated heterocycles. The Bertz CT molecular complexity index is 1130. The first-order chi connectivity index (χ1) is 15.1. The number of allylic oxidation sites excluding steroid dienone is 1. The summed E-state index contributed by atoms with van der Waals surface area (Å²) in [7, 11) is 0. The molecule has 1 N–H and O–H groups in total. The zero-order valence-corrected chi connectivity index (χ0v) is 16.9. The molecule has 0 spiro atoms. The van der Waals surface area contributed by atoms with E-state index >= 15 is 0 Å². The van der Waals surface area contributed by atoms with E-state index in [0.29, 0.717) is 12.3 Å². The first-order valence-electron chi connectivity index (χ1n) is 9.54. The molecular formula is C23H19F3N2O4. The number of hydrogen-bond donors (Lipinski definition) is 1. The maximum Gasteiger partial charge on any atom is 0.416 e. The lowest BCUT2D eigenvalue weighted by Gasteiger charge is -2.10. The Balaban J connectivity index is 1.69. The number of carbonyl (C=O) groups is 2.